The summed E-state index contributed by atoms with van der Waals surface area (Å²) in [6, 6.07) is 1.06. The smallest absolute Gasteiger partial charge is 0.350 e. The fourth-order valence-corrected chi connectivity index (χ4v) is 2.25. The molecule has 0 bridgehead atoms. The number of alkyl halides is 9. The van der Waals surface area contributed by atoms with Crippen LogP contribution in [0.25, 0.3) is 0 Å². The van der Waals surface area contributed by atoms with Gasteiger partial charge in [0.15, 0.2) is 5.69 Å². The third-order valence-electron chi connectivity index (χ3n) is 3.42. The number of nitrogens with one attached hydrogen (secondary N) is 2. The maximum atomic E-state index is 13.3. The molecule has 166 valence electrons. The number of hydrogen-bond acceptors (Lipinski definition) is 4. The summed E-state index contributed by atoms with van der Waals surface area (Å²) in [5.41, 5.74) is -6.41. The van der Waals surface area contributed by atoms with Crippen molar-refractivity contribution in [2.75, 3.05) is 10.6 Å². The van der Waals surface area contributed by atoms with Crippen molar-refractivity contribution in [3.8, 4) is 0 Å². The molecule has 1 aromatic heterocycles. The molecule has 0 atom stereocenters. The molecule has 0 fully saturated rings. The van der Waals surface area contributed by atoms with Gasteiger partial charge in [0.1, 0.15) is 5.82 Å². The molecule has 4 nitrogen and oxygen atoms in total. The van der Waals surface area contributed by atoms with Gasteiger partial charge in [-0.05, 0) is 39.0 Å². The Morgan fingerprint density at radius 1 is 0.733 bits per heavy atom. The highest BCUT2D eigenvalue weighted by Gasteiger charge is 2.39. The number of halogens is 9. The van der Waals surface area contributed by atoms with Crippen molar-refractivity contribution >= 4 is 17.5 Å². The average molecular weight is 446 g/mol. The fourth-order valence-electron chi connectivity index (χ4n) is 2.25. The van der Waals surface area contributed by atoms with E-state index in [9.17, 15) is 39.5 Å². The maximum absolute atomic E-state index is 13.3. The average Bonchev–Trinajstić information content (AvgIpc) is 2.50. The quantitative estimate of drug-likeness (QED) is 0.530. The minimum Gasteiger partial charge on any atom is -0.350 e. The van der Waals surface area contributed by atoms with Crippen LogP contribution in [0, 0.1) is 0 Å². The Balaban J connectivity index is 2.57. The molecule has 0 aliphatic carbocycles. The lowest BCUT2D eigenvalue weighted by Crippen LogP contribution is -2.28. The first-order valence-corrected chi connectivity index (χ1v) is 8.16. The summed E-state index contributed by atoms with van der Waals surface area (Å²) in [5.74, 6) is -1.21. The summed E-state index contributed by atoms with van der Waals surface area (Å²) in [7, 11) is 0. The molecule has 2 aromatic rings. The van der Waals surface area contributed by atoms with Crippen molar-refractivity contribution in [3.63, 3.8) is 0 Å². The molecule has 2 rings (SSSR count). The Labute approximate surface area is 164 Å². The SMILES string of the molecule is CC(C)(C)Nc1nc(Nc2ccc(C(F)(F)F)cc2C(F)(F)F)cc(C(F)(F)F)n1. The zero-order valence-corrected chi connectivity index (χ0v) is 15.6. The van der Waals surface area contributed by atoms with Crippen LogP contribution in [0.1, 0.15) is 37.6 Å². The summed E-state index contributed by atoms with van der Waals surface area (Å²) >= 11 is 0. The Bertz CT molecular complexity index is 909. The van der Waals surface area contributed by atoms with E-state index in [1.807, 2.05) is 5.32 Å². The second-order valence-electron chi connectivity index (χ2n) is 7.22. The van der Waals surface area contributed by atoms with Crippen LogP contribution in [0.4, 0.5) is 57.0 Å². The molecule has 0 amide bonds. The highest BCUT2D eigenvalue weighted by atomic mass is 19.4. The highest BCUT2D eigenvalue weighted by Crippen LogP contribution is 2.40. The van der Waals surface area contributed by atoms with Crippen molar-refractivity contribution in [1.29, 1.82) is 0 Å². The molecule has 13 heteroatoms. The van der Waals surface area contributed by atoms with Gasteiger partial charge in [-0.2, -0.15) is 44.5 Å². The summed E-state index contributed by atoms with van der Waals surface area (Å²) in [5, 5.41) is 4.58. The lowest BCUT2D eigenvalue weighted by molar-refractivity contribution is -0.143. The predicted octanol–water partition coefficient (Wildman–Crippen LogP) is 6.49. The number of rotatable bonds is 3. The van der Waals surface area contributed by atoms with Crippen LogP contribution in [0.15, 0.2) is 24.3 Å². The van der Waals surface area contributed by atoms with Crippen LogP contribution in [0.2, 0.25) is 0 Å². The van der Waals surface area contributed by atoms with E-state index < -0.39 is 58.3 Å². The summed E-state index contributed by atoms with van der Waals surface area (Å²) in [6.45, 7) is 4.75. The van der Waals surface area contributed by atoms with Crippen LogP contribution < -0.4 is 10.6 Å². The molecule has 0 spiro atoms. The molecule has 0 aliphatic rings. The second-order valence-corrected chi connectivity index (χ2v) is 7.22. The molecule has 0 unspecified atom stereocenters. The summed E-state index contributed by atoms with van der Waals surface area (Å²) in [6.07, 6.45) is -15.2. The molecule has 30 heavy (non-hydrogen) atoms. The molecule has 2 N–H and O–H groups in total. The largest absolute Gasteiger partial charge is 0.433 e. The second kappa shape index (κ2) is 7.51. The molecular formula is C17H15F9N4. The molecule has 1 aromatic carbocycles. The summed E-state index contributed by atoms with van der Waals surface area (Å²) < 4.78 is 117. The van der Waals surface area contributed by atoms with E-state index >= 15 is 0 Å². The lowest BCUT2D eigenvalue weighted by Gasteiger charge is -2.22. The van der Waals surface area contributed by atoms with E-state index in [0.29, 0.717) is 18.2 Å². The van der Waals surface area contributed by atoms with Crippen LogP contribution in [-0.4, -0.2) is 15.5 Å². The summed E-state index contributed by atoms with van der Waals surface area (Å²) in [4.78, 5) is 6.99. The van der Waals surface area contributed by atoms with E-state index in [-0.39, 0.29) is 6.07 Å². The van der Waals surface area contributed by atoms with Gasteiger partial charge in [0.25, 0.3) is 0 Å². The van der Waals surface area contributed by atoms with Crippen LogP contribution in [0.3, 0.4) is 0 Å². The van der Waals surface area contributed by atoms with Crippen molar-refractivity contribution in [1.82, 2.24) is 9.97 Å². The Morgan fingerprint density at radius 3 is 1.80 bits per heavy atom. The first-order valence-electron chi connectivity index (χ1n) is 8.16. The van der Waals surface area contributed by atoms with Crippen LogP contribution in [0.5, 0.6) is 0 Å². The molecule has 0 saturated heterocycles. The van der Waals surface area contributed by atoms with Gasteiger partial charge in [0.2, 0.25) is 5.95 Å². The van der Waals surface area contributed by atoms with E-state index in [1.165, 1.54) is 0 Å². The molecule has 0 radical (unpaired) electrons. The lowest BCUT2D eigenvalue weighted by atomic mass is 10.1. The minimum atomic E-state index is -5.21. The number of anilines is 3. The molecule has 0 aliphatic heterocycles. The van der Waals surface area contributed by atoms with Gasteiger partial charge in [-0.15, -0.1) is 0 Å². The van der Waals surface area contributed by atoms with Crippen LogP contribution >= 0.6 is 0 Å². The number of benzene rings is 1. The van der Waals surface area contributed by atoms with Gasteiger partial charge in [0, 0.05) is 11.6 Å². The monoisotopic (exact) mass is 446 g/mol. The third-order valence-corrected chi connectivity index (χ3v) is 3.42. The standard InChI is InChI=1S/C17H15F9N4/c1-14(2,3)30-13-28-11(17(24,25)26)7-12(29-13)27-10-5-4-8(15(18,19)20)6-9(10)16(21,22)23/h4-7H,1-3H3,(H2,27,28,29,30). The first-order chi connectivity index (χ1) is 13.4. The zero-order valence-electron chi connectivity index (χ0n) is 15.6. The van der Waals surface area contributed by atoms with Crippen molar-refractivity contribution in [2.45, 2.75) is 44.8 Å². The van der Waals surface area contributed by atoms with Gasteiger partial charge < -0.3 is 10.6 Å². The molecular weight excluding hydrogens is 431 g/mol. The molecule has 1 heterocycles. The van der Waals surface area contributed by atoms with E-state index in [0.717, 1.165) is 0 Å². The van der Waals surface area contributed by atoms with E-state index in [1.54, 1.807) is 20.8 Å². The van der Waals surface area contributed by atoms with E-state index in [2.05, 4.69) is 15.3 Å². The predicted molar refractivity (Wildman–Crippen MR) is 90.1 cm³/mol. The van der Waals surface area contributed by atoms with Gasteiger partial charge in [0.05, 0.1) is 16.8 Å². The van der Waals surface area contributed by atoms with Gasteiger partial charge in [-0.25, -0.2) is 4.98 Å². The number of hydrogen-bond donors (Lipinski definition) is 2. The number of aromatic nitrogens is 2. The Hall–Kier alpha value is -2.73. The zero-order chi connectivity index (χ0) is 23.1. The van der Waals surface area contributed by atoms with Gasteiger partial charge in [-0.1, -0.05) is 0 Å². The highest BCUT2D eigenvalue weighted by molar-refractivity contribution is 5.63. The van der Waals surface area contributed by atoms with Crippen molar-refractivity contribution < 1.29 is 39.5 Å². The number of nitrogens with zero attached hydrogens (tertiary/aromatic N) is 2. The Morgan fingerprint density at radius 2 is 1.33 bits per heavy atom. The van der Waals surface area contributed by atoms with Crippen molar-refractivity contribution in [2.24, 2.45) is 0 Å². The Kier molecular flexibility index (Phi) is 5.89. The first kappa shape index (κ1) is 23.5. The normalized spacial score (nSPS) is 13.3. The van der Waals surface area contributed by atoms with Crippen LogP contribution in [-0.2, 0) is 18.5 Å². The fraction of sp³-hybridized carbons (Fsp3) is 0.412. The van der Waals surface area contributed by atoms with E-state index in [4.69, 9.17) is 0 Å². The maximum Gasteiger partial charge on any atom is 0.433 e. The topological polar surface area (TPSA) is 49.8 Å². The van der Waals surface area contributed by atoms with Gasteiger partial charge >= 0.3 is 18.5 Å². The third kappa shape index (κ3) is 6.13. The van der Waals surface area contributed by atoms with Gasteiger partial charge in [-0.3, -0.25) is 0 Å². The minimum absolute atomic E-state index is 0.136. The molecule has 0 saturated carbocycles. The van der Waals surface area contributed by atoms with Crippen molar-refractivity contribution in [3.05, 3.63) is 41.1 Å².